The maximum atomic E-state index is 13.7. The van der Waals surface area contributed by atoms with E-state index in [1.807, 2.05) is 28.8 Å². The average molecular weight is 478 g/mol. The summed E-state index contributed by atoms with van der Waals surface area (Å²) in [6.45, 7) is 4.44. The molecule has 0 N–H and O–H groups in total. The molecule has 2 saturated heterocycles. The Hall–Kier alpha value is -2.21. The molecule has 2 aromatic rings. The van der Waals surface area contributed by atoms with Crippen LogP contribution in [0.3, 0.4) is 0 Å². The van der Waals surface area contributed by atoms with Crippen LogP contribution in [0.2, 0.25) is 0 Å². The zero-order chi connectivity index (χ0) is 24.1. The van der Waals surface area contributed by atoms with Crippen LogP contribution in [0.1, 0.15) is 94.6 Å². The summed E-state index contributed by atoms with van der Waals surface area (Å²) in [6.07, 6.45) is 12.7. The summed E-state index contributed by atoms with van der Waals surface area (Å²) in [5, 5.41) is 0. The molecule has 188 valence electrons. The second-order valence-corrected chi connectivity index (χ2v) is 11.8. The summed E-state index contributed by atoms with van der Waals surface area (Å²) in [5.74, 6) is 2.09. The fourth-order valence-corrected chi connectivity index (χ4v) is 8.44. The van der Waals surface area contributed by atoms with Crippen LogP contribution < -0.4 is 5.56 Å². The quantitative estimate of drug-likeness (QED) is 0.556. The molecule has 4 bridgehead atoms. The van der Waals surface area contributed by atoms with E-state index < -0.39 is 5.97 Å². The Bertz CT molecular complexity index is 1130. The molecule has 6 heteroatoms. The highest BCUT2D eigenvalue weighted by molar-refractivity contribution is 5.89. The predicted molar refractivity (Wildman–Crippen MR) is 137 cm³/mol. The lowest BCUT2D eigenvalue weighted by atomic mass is 9.65. The van der Waals surface area contributed by atoms with Crippen molar-refractivity contribution in [1.29, 1.82) is 0 Å². The first-order chi connectivity index (χ1) is 17.0. The van der Waals surface area contributed by atoms with Crippen LogP contribution in [0.4, 0.5) is 0 Å². The van der Waals surface area contributed by atoms with Crippen LogP contribution in [0, 0.1) is 17.8 Å². The highest BCUT2D eigenvalue weighted by atomic mass is 16.5. The van der Waals surface area contributed by atoms with Crippen molar-refractivity contribution in [1.82, 2.24) is 14.5 Å². The van der Waals surface area contributed by atoms with Gasteiger partial charge >= 0.3 is 5.97 Å². The summed E-state index contributed by atoms with van der Waals surface area (Å²) < 4.78 is 7.09. The SMILES string of the molecule is CCOC(=O)c1nc2ccccc2n([C@H]2C[C@H]3CCC[C@@H](C2)N3[C@H]2C[C@@H]3C[C@@H](C)C[C@@H](C3)C2)c1=O. The average Bonchev–Trinajstić information content (AvgIpc) is 2.82. The lowest BCUT2D eigenvalue weighted by Gasteiger charge is -2.55. The van der Waals surface area contributed by atoms with Gasteiger partial charge in [-0.1, -0.05) is 25.5 Å². The van der Waals surface area contributed by atoms with Gasteiger partial charge in [0.25, 0.3) is 5.56 Å². The van der Waals surface area contributed by atoms with Crippen LogP contribution in [-0.4, -0.2) is 45.2 Å². The zero-order valence-corrected chi connectivity index (χ0v) is 21.2. The van der Waals surface area contributed by atoms with Crippen molar-refractivity contribution >= 4 is 17.0 Å². The number of hydrogen-bond donors (Lipinski definition) is 0. The summed E-state index contributed by atoms with van der Waals surface area (Å²) in [7, 11) is 0. The Labute approximate surface area is 208 Å². The normalized spacial score (nSPS) is 35.1. The Balaban J connectivity index is 1.32. The molecule has 3 heterocycles. The van der Waals surface area contributed by atoms with Crippen LogP contribution in [-0.2, 0) is 4.74 Å². The van der Waals surface area contributed by atoms with Crippen LogP contribution in [0.5, 0.6) is 0 Å². The highest BCUT2D eigenvalue weighted by Gasteiger charge is 2.46. The number of fused-ring (bicyclic) bond motifs is 5. The van der Waals surface area contributed by atoms with Crippen LogP contribution in [0.15, 0.2) is 29.1 Å². The lowest BCUT2D eigenvalue weighted by molar-refractivity contribution is -0.0525. The first-order valence-corrected chi connectivity index (χ1v) is 14.0. The van der Waals surface area contributed by atoms with Crippen molar-refractivity contribution < 1.29 is 9.53 Å². The van der Waals surface area contributed by atoms with Crippen LogP contribution in [0.25, 0.3) is 11.0 Å². The molecule has 4 aliphatic rings. The van der Waals surface area contributed by atoms with E-state index in [0.717, 1.165) is 36.1 Å². The molecule has 6 nitrogen and oxygen atoms in total. The van der Waals surface area contributed by atoms with E-state index in [-0.39, 0.29) is 23.9 Å². The number of benzene rings is 1. The van der Waals surface area contributed by atoms with Crippen molar-refractivity contribution in [3.8, 4) is 0 Å². The van der Waals surface area contributed by atoms with Crippen LogP contribution >= 0.6 is 0 Å². The van der Waals surface area contributed by atoms with Gasteiger partial charge in [-0.05, 0) is 94.6 Å². The van der Waals surface area contributed by atoms with Gasteiger partial charge in [0.1, 0.15) is 0 Å². The van der Waals surface area contributed by atoms with E-state index in [0.29, 0.717) is 23.6 Å². The molecule has 2 aliphatic heterocycles. The molecule has 1 aromatic heterocycles. The number of carbonyl (C=O) groups is 1. The maximum absolute atomic E-state index is 13.7. The fourth-order valence-electron chi connectivity index (χ4n) is 8.44. The van der Waals surface area contributed by atoms with Gasteiger partial charge in [-0.15, -0.1) is 0 Å². The first kappa shape index (κ1) is 23.2. The minimum Gasteiger partial charge on any atom is -0.461 e. The number of hydrogen-bond acceptors (Lipinski definition) is 5. The molecule has 4 fully saturated rings. The summed E-state index contributed by atoms with van der Waals surface area (Å²) in [6, 6.07) is 9.61. The van der Waals surface area contributed by atoms with Gasteiger partial charge < -0.3 is 9.30 Å². The third-order valence-corrected chi connectivity index (χ3v) is 9.41. The number of para-hydroxylation sites is 2. The van der Waals surface area contributed by atoms with E-state index in [4.69, 9.17) is 4.74 Å². The van der Waals surface area contributed by atoms with Gasteiger partial charge in [0.15, 0.2) is 0 Å². The Morgan fingerprint density at radius 1 is 0.943 bits per heavy atom. The summed E-state index contributed by atoms with van der Waals surface area (Å²) >= 11 is 0. The molecule has 0 unspecified atom stereocenters. The maximum Gasteiger partial charge on any atom is 0.362 e. The molecule has 2 aliphatic carbocycles. The van der Waals surface area contributed by atoms with Gasteiger partial charge in [-0.3, -0.25) is 9.69 Å². The topological polar surface area (TPSA) is 64.4 Å². The van der Waals surface area contributed by atoms with E-state index in [1.165, 1.54) is 51.4 Å². The van der Waals surface area contributed by atoms with Crippen molar-refractivity contribution in [3.63, 3.8) is 0 Å². The third kappa shape index (κ3) is 4.22. The van der Waals surface area contributed by atoms with E-state index >= 15 is 0 Å². The predicted octanol–water partition coefficient (Wildman–Crippen LogP) is 5.35. The van der Waals surface area contributed by atoms with Gasteiger partial charge in [0.2, 0.25) is 5.69 Å². The molecule has 7 atom stereocenters. The molecule has 0 amide bonds. The number of aromatic nitrogens is 2. The van der Waals surface area contributed by atoms with Crippen molar-refractivity contribution in [3.05, 3.63) is 40.3 Å². The number of ether oxygens (including phenoxy) is 1. The molecule has 0 spiro atoms. The number of nitrogens with zero attached hydrogens (tertiary/aromatic N) is 3. The summed E-state index contributed by atoms with van der Waals surface area (Å²) in [4.78, 5) is 33.6. The monoisotopic (exact) mass is 477 g/mol. The minimum absolute atomic E-state index is 0.0765. The molecule has 2 saturated carbocycles. The fraction of sp³-hybridized carbons (Fsp3) is 0.690. The van der Waals surface area contributed by atoms with Crippen molar-refractivity contribution in [2.45, 2.75) is 102 Å². The molecule has 1 aromatic carbocycles. The number of piperidine rings is 2. The number of rotatable bonds is 4. The largest absolute Gasteiger partial charge is 0.461 e. The second-order valence-electron chi connectivity index (χ2n) is 11.8. The van der Waals surface area contributed by atoms with E-state index in [9.17, 15) is 9.59 Å². The molecular formula is C29H39N3O3. The van der Waals surface area contributed by atoms with Crippen molar-refractivity contribution in [2.75, 3.05) is 6.61 Å². The highest BCUT2D eigenvalue weighted by Crippen LogP contribution is 2.48. The first-order valence-electron chi connectivity index (χ1n) is 14.0. The van der Waals surface area contributed by atoms with Gasteiger partial charge in [0, 0.05) is 24.2 Å². The minimum atomic E-state index is -0.613. The standard InChI is InChI=1S/C29H39N3O3/c1-3-35-29(34)27-28(33)32(26-10-5-4-9-25(26)30-27)24-16-21-7-6-8-22(17-24)31(21)23-14-19-11-18(2)12-20(13-19)15-23/h4-5,9-10,18-24H,3,6-8,11-17H2,1-2H3/t18-,19-,20+,21-,22+,23+,24+. The number of carbonyl (C=O) groups excluding carboxylic acids is 1. The third-order valence-electron chi connectivity index (χ3n) is 9.41. The lowest BCUT2D eigenvalue weighted by Crippen LogP contribution is -2.59. The van der Waals surface area contributed by atoms with E-state index in [2.05, 4.69) is 16.8 Å². The van der Waals surface area contributed by atoms with Gasteiger partial charge in [-0.25, -0.2) is 9.78 Å². The Morgan fingerprint density at radius 3 is 2.31 bits per heavy atom. The molecular weight excluding hydrogens is 438 g/mol. The Kier molecular flexibility index (Phi) is 6.20. The van der Waals surface area contributed by atoms with Gasteiger partial charge in [-0.2, -0.15) is 0 Å². The Morgan fingerprint density at radius 2 is 1.63 bits per heavy atom. The van der Waals surface area contributed by atoms with Crippen molar-refractivity contribution in [2.24, 2.45) is 17.8 Å². The summed E-state index contributed by atoms with van der Waals surface area (Å²) in [5.41, 5.74) is 1.16. The number of esters is 1. The van der Waals surface area contributed by atoms with Gasteiger partial charge in [0.05, 0.1) is 17.6 Å². The van der Waals surface area contributed by atoms with E-state index in [1.54, 1.807) is 6.92 Å². The second kappa shape index (κ2) is 9.34. The molecule has 6 rings (SSSR count). The smallest absolute Gasteiger partial charge is 0.362 e. The molecule has 0 radical (unpaired) electrons. The zero-order valence-electron chi connectivity index (χ0n) is 21.2. The molecule has 35 heavy (non-hydrogen) atoms.